The largest absolute Gasteiger partial charge is 0.320 e. The lowest BCUT2D eigenvalue weighted by Gasteiger charge is -2.09. The molecule has 4 rings (SSSR count). The molecule has 4 aromatic rings. The molecule has 1 N–H and O–H groups in total. The van der Waals surface area contributed by atoms with Gasteiger partial charge in [0.05, 0.1) is 16.4 Å². The third-order valence-corrected chi connectivity index (χ3v) is 5.54. The van der Waals surface area contributed by atoms with Crippen molar-refractivity contribution in [3.8, 4) is 5.69 Å². The molecular formula is C20H13Cl2FN6OS. The summed E-state index contributed by atoms with van der Waals surface area (Å²) < 4.78 is 15.0. The normalized spacial score (nSPS) is 10.8. The molecule has 0 spiro atoms. The van der Waals surface area contributed by atoms with Gasteiger partial charge >= 0.3 is 0 Å². The van der Waals surface area contributed by atoms with Crippen LogP contribution in [0.1, 0.15) is 16.2 Å². The summed E-state index contributed by atoms with van der Waals surface area (Å²) in [6.45, 7) is 0. The van der Waals surface area contributed by atoms with Gasteiger partial charge in [0.1, 0.15) is 5.82 Å². The van der Waals surface area contributed by atoms with E-state index in [4.69, 9.17) is 23.2 Å². The number of hydrogen-bond donors (Lipinski definition) is 1. The summed E-state index contributed by atoms with van der Waals surface area (Å²) in [5, 5.41) is 11.9. The summed E-state index contributed by atoms with van der Waals surface area (Å²) in [6, 6.07) is 12.6. The topological polar surface area (TPSA) is 85.6 Å². The number of aromatic nitrogens is 5. The Bertz CT molecular complexity index is 1220. The molecule has 31 heavy (non-hydrogen) atoms. The zero-order valence-corrected chi connectivity index (χ0v) is 18.0. The number of rotatable bonds is 6. The summed E-state index contributed by atoms with van der Waals surface area (Å²) >= 11 is 13.1. The minimum absolute atomic E-state index is 0.0976. The summed E-state index contributed by atoms with van der Waals surface area (Å²) in [4.78, 5) is 21.3. The Labute approximate surface area is 190 Å². The van der Waals surface area contributed by atoms with Crippen LogP contribution in [0, 0.1) is 5.82 Å². The fourth-order valence-electron chi connectivity index (χ4n) is 2.65. The Morgan fingerprint density at radius 3 is 2.55 bits per heavy atom. The molecule has 1 amide bonds. The van der Waals surface area contributed by atoms with E-state index in [-0.39, 0.29) is 10.7 Å². The van der Waals surface area contributed by atoms with E-state index in [9.17, 15) is 9.18 Å². The highest BCUT2D eigenvalue weighted by molar-refractivity contribution is 7.98. The number of carbonyl (C=O) groups is 1. The number of nitrogens with zero attached hydrogens (tertiary/aromatic N) is 5. The van der Waals surface area contributed by atoms with Crippen molar-refractivity contribution in [2.75, 3.05) is 5.32 Å². The molecule has 0 saturated carbocycles. The Hall–Kier alpha value is -3.01. The monoisotopic (exact) mass is 474 g/mol. The molecular weight excluding hydrogens is 462 g/mol. The molecule has 11 heteroatoms. The number of carbonyl (C=O) groups excluding carboxylic acids is 1. The van der Waals surface area contributed by atoms with E-state index >= 15 is 0 Å². The molecule has 0 aliphatic heterocycles. The number of benzene rings is 2. The number of halogens is 3. The molecule has 2 aromatic heterocycles. The van der Waals surface area contributed by atoms with Gasteiger partial charge in [0.15, 0.2) is 10.9 Å². The lowest BCUT2D eigenvalue weighted by atomic mass is 10.2. The Kier molecular flexibility index (Phi) is 6.45. The number of amides is 1. The lowest BCUT2D eigenvalue weighted by Crippen LogP contribution is -2.15. The van der Waals surface area contributed by atoms with Crippen LogP contribution in [0.4, 0.5) is 10.1 Å². The predicted molar refractivity (Wildman–Crippen MR) is 117 cm³/mol. The number of hydrogen-bond acceptors (Lipinski definition) is 6. The van der Waals surface area contributed by atoms with Crippen LogP contribution in [0.5, 0.6) is 0 Å². The van der Waals surface area contributed by atoms with Gasteiger partial charge in [0, 0.05) is 28.9 Å². The van der Waals surface area contributed by atoms with Crippen molar-refractivity contribution in [1.82, 2.24) is 25.0 Å². The van der Waals surface area contributed by atoms with E-state index in [1.807, 2.05) is 0 Å². The summed E-state index contributed by atoms with van der Waals surface area (Å²) in [5.74, 6) is -0.757. The minimum Gasteiger partial charge on any atom is -0.320 e. The maximum Gasteiger partial charge on any atom is 0.278 e. The van der Waals surface area contributed by atoms with Crippen molar-refractivity contribution in [3.63, 3.8) is 0 Å². The molecule has 0 fully saturated rings. The van der Waals surface area contributed by atoms with Crippen LogP contribution in [-0.4, -0.2) is 30.9 Å². The van der Waals surface area contributed by atoms with Crippen LogP contribution in [0.15, 0.2) is 66.1 Å². The highest BCUT2D eigenvalue weighted by Crippen LogP contribution is 2.25. The smallest absolute Gasteiger partial charge is 0.278 e. The third-order valence-electron chi connectivity index (χ3n) is 4.11. The van der Waals surface area contributed by atoms with Gasteiger partial charge in [-0.15, -0.1) is 5.10 Å². The van der Waals surface area contributed by atoms with Crippen molar-refractivity contribution in [1.29, 1.82) is 0 Å². The Balaban J connectivity index is 1.66. The van der Waals surface area contributed by atoms with Crippen molar-refractivity contribution in [2.24, 2.45) is 0 Å². The van der Waals surface area contributed by atoms with Gasteiger partial charge in [-0.2, -0.15) is 0 Å². The fourth-order valence-corrected chi connectivity index (χ4v) is 3.76. The third kappa shape index (κ3) is 5.01. The van der Waals surface area contributed by atoms with E-state index in [2.05, 4.69) is 25.6 Å². The molecule has 0 radical (unpaired) electrons. The molecule has 2 aromatic carbocycles. The molecule has 2 heterocycles. The average Bonchev–Trinajstić information content (AvgIpc) is 3.20. The second-order valence-electron chi connectivity index (χ2n) is 6.18. The van der Waals surface area contributed by atoms with Gasteiger partial charge in [-0.25, -0.2) is 19.0 Å². The molecule has 0 unspecified atom stereocenters. The first-order valence-electron chi connectivity index (χ1n) is 8.88. The maximum atomic E-state index is 13.4. The first-order chi connectivity index (χ1) is 15.0. The van der Waals surface area contributed by atoms with Crippen molar-refractivity contribution < 1.29 is 9.18 Å². The molecule has 0 bridgehead atoms. The zero-order valence-electron chi connectivity index (χ0n) is 15.7. The summed E-state index contributed by atoms with van der Waals surface area (Å²) in [6.07, 6.45) is 3.27. The molecule has 0 aliphatic rings. The van der Waals surface area contributed by atoms with Gasteiger partial charge in [-0.3, -0.25) is 4.79 Å². The first kappa shape index (κ1) is 21.2. The first-order valence-corrected chi connectivity index (χ1v) is 10.6. The van der Waals surface area contributed by atoms with Gasteiger partial charge in [-0.05, 0) is 48.5 Å². The quantitative estimate of drug-likeness (QED) is 0.311. The molecule has 0 atom stereocenters. The summed E-state index contributed by atoms with van der Waals surface area (Å²) in [5.41, 5.74) is 1.66. The van der Waals surface area contributed by atoms with Crippen LogP contribution in [0.3, 0.4) is 0 Å². The fraction of sp³-hybridized carbons (Fsp3) is 0.0500. The number of nitrogens with one attached hydrogen (secondary N) is 1. The molecule has 0 saturated heterocycles. The standard InChI is InChI=1S/C20H13Cl2FN6OS/c21-12-2-5-14(6-3-12)29-17(11-31-20-24-8-1-9-25-20)18(27-28-29)19(30)26-13-4-7-16(23)15(22)10-13/h1-10H,11H2,(H,26,30). The number of thioether (sulfide) groups is 1. The van der Waals surface area contributed by atoms with Crippen molar-refractivity contribution in [3.05, 3.63) is 88.2 Å². The van der Waals surface area contributed by atoms with Crippen LogP contribution in [0.2, 0.25) is 10.0 Å². The van der Waals surface area contributed by atoms with Crippen LogP contribution < -0.4 is 5.32 Å². The van der Waals surface area contributed by atoms with E-state index < -0.39 is 11.7 Å². The second kappa shape index (κ2) is 9.42. The van der Waals surface area contributed by atoms with Gasteiger partial charge in [0.25, 0.3) is 5.91 Å². The zero-order chi connectivity index (χ0) is 21.8. The Morgan fingerprint density at radius 2 is 1.84 bits per heavy atom. The van der Waals surface area contributed by atoms with E-state index in [1.54, 1.807) is 47.4 Å². The Morgan fingerprint density at radius 1 is 1.10 bits per heavy atom. The van der Waals surface area contributed by atoms with Gasteiger partial charge < -0.3 is 5.32 Å². The van der Waals surface area contributed by atoms with Crippen LogP contribution in [0.25, 0.3) is 5.69 Å². The number of anilines is 1. The SMILES string of the molecule is O=C(Nc1ccc(F)c(Cl)c1)c1nnn(-c2ccc(Cl)cc2)c1CSc1ncccn1. The second-order valence-corrected chi connectivity index (χ2v) is 7.96. The van der Waals surface area contributed by atoms with Gasteiger partial charge in [0.2, 0.25) is 0 Å². The average molecular weight is 475 g/mol. The van der Waals surface area contributed by atoms with Crippen molar-refractivity contribution >= 4 is 46.6 Å². The highest BCUT2D eigenvalue weighted by Gasteiger charge is 2.22. The predicted octanol–water partition coefficient (Wildman–Crippen LogP) is 5.05. The maximum absolute atomic E-state index is 13.4. The minimum atomic E-state index is -0.576. The highest BCUT2D eigenvalue weighted by atomic mass is 35.5. The van der Waals surface area contributed by atoms with Gasteiger partial charge in [-0.1, -0.05) is 40.2 Å². The van der Waals surface area contributed by atoms with Crippen LogP contribution >= 0.6 is 35.0 Å². The summed E-state index contributed by atoms with van der Waals surface area (Å²) in [7, 11) is 0. The molecule has 0 aliphatic carbocycles. The van der Waals surface area contributed by atoms with E-state index in [0.717, 1.165) is 0 Å². The van der Waals surface area contributed by atoms with Crippen molar-refractivity contribution in [2.45, 2.75) is 10.9 Å². The molecule has 156 valence electrons. The van der Waals surface area contributed by atoms with E-state index in [0.29, 0.717) is 33.0 Å². The lowest BCUT2D eigenvalue weighted by molar-refractivity contribution is 0.102. The van der Waals surface area contributed by atoms with E-state index in [1.165, 1.54) is 30.0 Å². The van der Waals surface area contributed by atoms with Crippen LogP contribution in [-0.2, 0) is 5.75 Å². The molecule has 7 nitrogen and oxygen atoms in total.